The maximum absolute atomic E-state index is 12.3. The predicted molar refractivity (Wildman–Crippen MR) is 83.3 cm³/mol. The first-order valence-electron chi connectivity index (χ1n) is 6.75. The molecule has 2 aromatic rings. The number of hydrogen-bond acceptors (Lipinski definition) is 6. The van der Waals surface area contributed by atoms with Crippen LogP contribution in [0.3, 0.4) is 0 Å². The summed E-state index contributed by atoms with van der Waals surface area (Å²) in [4.78, 5) is -0.459. The van der Waals surface area contributed by atoms with E-state index >= 15 is 0 Å². The number of sulfonamides is 1. The molecule has 0 aliphatic rings. The van der Waals surface area contributed by atoms with E-state index in [0.29, 0.717) is 0 Å². The van der Waals surface area contributed by atoms with Crippen LogP contribution in [-0.4, -0.2) is 27.0 Å². The number of nitrogens with one attached hydrogen (secondary N) is 1. The molecule has 11 heteroatoms. The Morgan fingerprint density at radius 3 is 2.35 bits per heavy atom. The Kier molecular flexibility index (Phi) is 5.17. The third kappa shape index (κ3) is 4.48. The molecular weight excluding hydrogens is 377 g/mol. The standard InChI is InChI=1S/C15H11F3N2O5S/c1-24-14-4-2-10(7-12(14)21)20-26(22,23)11-3-5-13(9(6-11)8-19)25-15(16,17)18/h2-7,20-21H,1H3. The zero-order valence-corrected chi connectivity index (χ0v) is 13.9. The number of benzene rings is 2. The number of methoxy groups -OCH3 is 1. The monoisotopic (exact) mass is 388 g/mol. The molecular formula is C15H11F3N2O5S. The van der Waals surface area contributed by atoms with Crippen LogP contribution >= 0.6 is 0 Å². The first kappa shape index (κ1) is 19.2. The zero-order valence-electron chi connectivity index (χ0n) is 13.0. The number of rotatable bonds is 5. The Morgan fingerprint density at radius 1 is 1.15 bits per heavy atom. The van der Waals surface area contributed by atoms with Gasteiger partial charge in [-0.2, -0.15) is 5.26 Å². The van der Waals surface area contributed by atoms with Crippen molar-refractivity contribution in [2.75, 3.05) is 11.8 Å². The number of hydrogen-bond donors (Lipinski definition) is 2. The van der Waals surface area contributed by atoms with Crippen molar-refractivity contribution in [3.8, 4) is 23.3 Å². The van der Waals surface area contributed by atoms with Crippen LogP contribution in [0.4, 0.5) is 18.9 Å². The van der Waals surface area contributed by atoms with Gasteiger partial charge in [0.05, 0.1) is 23.3 Å². The van der Waals surface area contributed by atoms with Crippen LogP contribution in [0.25, 0.3) is 0 Å². The van der Waals surface area contributed by atoms with Gasteiger partial charge in [0.1, 0.15) is 11.8 Å². The maximum Gasteiger partial charge on any atom is 0.573 e. The second-order valence-corrected chi connectivity index (χ2v) is 6.49. The molecule has 0 saturated heterocycles. The fraction of sp³-hybridized carbons (Fsp3) is 0.133. The molecule has 0 bridgehead atoms. The Hall–Kier alpha value is -3.13. The molecule has 0 spiro atoms. The van der Waals surface area contributed by atoms with Crippen molar-refractivity contribution in [1.29, 1.82) is 5.26 Å². The molecule has 0 aliphatic carbocycles. The van der Waals surface area contributed by atoms with E-state index in [9.17, 15) is 26.7 Å². The number of anilines is 1. The molecule has 2 aromatic carbocycles. The minimum absolute atomic E-state index is 0.0163. The summed E-state index contributed by atoms with van der Waals surface area (Å²) in [7, 11) is -2.92. The number of aromatic hydroxyl groups is 1. The van der Waals surface area contributed by atoms with Crippen molar-refractivity contribution in [1.82, 2.24) is 0 Å². The number of halogens is 3. The largest absolute Gasteiger partial charge is 0.573 e. The molecule has 0 aliphatic heterocycles. The van der Waals surface area contributed by atoms with E-state index in [1.54, 1.807) is 0 Å². The molecule has 0 saturated carbocycles. The van der Waals surface area contributed by atoms with Gasteiger partial charge in [-0.1, -0.05) is 0 Å². The molecule has 0 heterocycles. The summed E-state index contributed by atoms with van der Waals surface area (Å²) >= 11 is 0. The highest BCUT2D eigenvalue weighted by atomic mass is 32.2. The fourth-order valence-corrected chi connectivity index (χ4v) is 3.02. The van der Waals surface area contributed by atoms with Gasteiger partial charge in [0.25, 0.3) is 10.0 Å². The van der Waals surface area contributed by atoms with Crippen LogP contribution < -0.4 is 14.2 Å². The highest BCUT2D eigenvalue weighted by molar-refractivity contribution is 7.92. The van der Waals surface area contributed by atoms with Crippen LogP contribution in [-0.2, 0) is 10.0 Å². The van der Waals surface area contributed by atoms with Crippen LogP contribution in [0.1, 0.15) is 5.56 Å². The van der Waals surface area contributed by atoms with Gasteiger partial charge in [-0.05, 0) is 30.3 Å². The van der Waals surface area contributed by atoms with Gasteiger partial charge in [-0.25, -0.2) is 8.42 Å². The predicted octanol–water partition coefficient (Wildman–Crippen LogP) is 2.97. The first-order valence-corrected chi connectivity index (χ1v) is 8.24. The third-order valence-corrected chi connectivity index (χ3v) is 4.42. The summed E-state index contributed by atoms with van der Waals surface area (Å²) in [6, 6.07) is 7.48. The Bertz CT molecular complexity index is 968. The second kappa shape index (κ2) is 7.01. The zero-order chi connectivity index (χ0) is 19.5. The van der Waals surface area contributed by atoms with E-state index in [4.69, 9.17) is 10.00 Å². The van der Waals surface area contributed by atoms with Crippen molar-refractivity contribution in [3.05, 3.63) is 42.0 Å². The molecule has 0 amide bonds. The molecule has 0 radical (unpaired) electrons. The summed E-state index contributed by atoms with van der Waals surface area (Å²) in [5, 5.41) is 18.6. The van der Waals surface area contributed by atoms with Crippen LogP contribution in [0, 0.1) is 11.3 Å². The topological polar surface area (TPSA) is 109 Å². The van der Waals surface area contributed by atoms with Crippen molar-refractivity contribution in [2.45, 2.75) is 11.3 Å². The van der Waals surface area contributed by atoms with Gasteiger partial charge in [0.15, 0.2) is 11.5 Å². The number of nitrogens with zero attached hydrogens (tertiary/aromatic N) is 1. The molecule has 26 heavy (non-hydrogen) atoms. The summed E-state index contributed by atoms with van der Waals surface area (Å²) in [5.74, 6) is -1.02. The lowest BCUT2D eigenvalue weighted by Crippen LogP contribution is -2.18. The number of phenolic OH excluding ortho intramolecular Hbond substituents is 1. The van der Waals surface area contributed by atoms with Gasteiger partial charge in [-0.15, -0.1) is 13.2 Å². The van der Waals surface area contributed by atoms with Gasteiger partial charge in [-0.3, -0.25) is 4.72 Å². The lowest BCUT2D eigenvalue weighted by molar-refractivity contribution is -0.274. The van der Waals surface area contributed by atoms with E-state index in [0.717, 1.165) is 24.3 Å². The normalized spacial score (nSPS) is 11.5. The molecule has 0 unspecified atom stereocenters. The van der Waals surface area contributed by atoms with Gasteiger partial charge < -0.3 is 14.6 Å². The molecule has 2 rings (SSSR count). The summed E-state index contributed by atoms with van der Waals surface area (Å²) < 4.78 is 72.1. The number of phenols is 1. The summed E-state index contributed by atoms with van der Waals surface area (Å²) in [5.41, 5.74) is -0.625. The molecule has 0 atom stereocenters. The quantitative estimate of drug-likeness (QED) is 0.815. The van der Waals surface area contributed by atoms with Gasteiger partial charge >= 0.3 is 6.36 Å². The lowest BCUT2D eigenvalue weighted by Gasteiger charge is -2.13. The van der Waals surface area contributed by atoms with Crippen molar-refractivity contribution in [2.24, 2.45) is 0 Å². The maximum atomic E-state index is 12.3. The smallest absolute Gasteiger partial charge is 0.504 e. The average Bonchev–Trinajstić information content (AvgIpc) is 2.53. The van der Waals surface area contributed by atoms with Crippen LogP contribution in [0.2, 0.25) is 0 Å². The highest BCUT2D eigenvalue weighted by Crippen LogP contribution is 2.31. The highest BCUT2D eigenvalue weighted by Gasteiger charge is 2.32. The Labute approximate surface area is 146 Å². The minimum atomic E-state index is -5.02. The van der Waals surface area contributed by atoms with Crippen LogP contribution in [0.5, 0.6) is 17.2 Å². The minimum Gasteiger partial charge on any atom is -0.504 e. The van der Waals surface area contributed by atoms with E-state index in [1.807, 2.05) is 0 Å². The van der Waals surface area contributed by atoms with Crippen molar-refractivity contribution >= 4 is 15.7 Å². The number of ether oxygens (including phenoxy) is 2. The number of alkyl halides is 3. The molecule has 0 aromatic heterocycles. The fourth-order valence-electron chi connectivity index (χ4n) is 1.94. The summed E-state index contributed by atoms with van der Waals surface area (Å²) in [6.45, 7) is 0. The summed E-state index contributed by atoms with van der Waals surface area (Å²) in [6.07, 6.45) is -5.02. The average molecular weight is 388 g/mol. The third-order valence-electron chi connectivity index (χ3n) is 3.04. The Morgan fingerprint density at radius 2 is 1.81 bits per heavy atom. The van der Waals surface area contributed by atoms with Crippen LogP contribution in [0.15, 0.2) is 41.3 Å². The second-order valence-electron chi connectivity index (χ2n) is 4.81. The molecule has 7 nitrogen and oxygen atoms in total. The molecule has 138 valence electrons. The van der Waals surface area contributed by atoms with Crippen molar-refractivity contribution < 1.29 is 36.2 Å². The van der Waals surface area contributed by atoms with E-state index in [-0.39, 0.29) is 17.2 Å². The van der Waals surface area contributed by atoms with Crippen molar-refractivity contribution in [3.63, 3.8) is 0 Å². The lowest BCUT2D eigenvalue weighted by atomic mass is 10.2. The van der Waals surface area contributed by atoms with E-state index in [2.05, 4.69) is 9.46 Å². The van der Waals surface area contributed by atoms with Gasteiger partial charge in [0.2, 0.25) is 0 Å². The van der Waals surface area contributed by atoms with E-state index in [1.165, 1.54) is 25.3 Å². The Balaban J connectivity index is 2.34. The van der Waals surface area contributed by atoms with E-state index < -0.39 is 32.6 Å². The molecule has 2 N–H and O–H groups in total. The first-order chi connectivity index (χ1) is 12.1. The van der Waals surface area contributed by atoms with Gasteiger partial charge in [0, 0.05) is 6.07 Å². The number of nitriles is 1. The SMILES string of the molecule is COc1ccc(NS(=O)(=O)c2ccc(OC(F)(F)F)c(C#N)c2)cc1O. The molecule has 0 fully saturated rings.